The van der Waals surface area contributed by atoms with Gasteiger partial charge in [0.1, 0.15) is 5.82 Å². The van der Waals surface area contributed by atoms with Gasteiger partial charge in [-0.15, -0.1) is 11.3 Å². The summed E-state index contributed by atoms with van der Waals surface area (Å²) in [7, 11) is 1.78. The van der Waals surface area contributed by atoms with Crippen LogP contribution in [-0.4, -0.2) is 28.7 Å². The van der Waals surface area contributed by atoms with Gasteiger partial charge in [0, 0.05) is 23.4 Å². The molecule has 170 valence electrons. The highest BCUT2D eigenvalue weighted by Crippen LogP contribution is 2.56. The second kappa shape index (κ2) is 7.46. The molecule has 0 radical (unpaired) electrons. The Morgan fingerprint density at radius 2 is 1.79 bits per heavy atom. The normalized spacial score (nSPS) is 23.3. The van der Waals surface area contributed by atoms with Gasteiger partial charge in [0.2, 0.25) is 11.8 Å². The minimum absolute atomic E-state index is 0.0636. The Labute approximate surface area is 200 Å². The predicted octanol–water partition coefficient (Wildman–Crippen LogP) is 5.75. The monoisotopic (exact) mass is 471 g/mol. The molecule has 3 atom stereocenters. The maximum atomic E-state index is 14.2. The number of nitrogens with one attached hydrogen (secondary N) is 1. The summed E-state index contributed by atoms with van der Waals surface area (Å²) in [4.78, 5) is 32.8. The van der Waals surface area contributed by atoms with E-state index in [1.807, 2.05) is 48.7 Å². The Balaban J connectivity index is 1.32. The Morgan fingerprint density at radius 1 is 1.09 bits per heavy atom. The first-order valence-corrected chi connectivity index (χ1v) is 12.1. The SMILES string of the molecule is CN1C(=O)C2CC(C)(C(=O)Nc3nc(-c4ccc(F)c5ccccc45)cs3)C1c1ccccc12. The number of anilines is 1. The second-order valence-electron chi connectivity index (χ2n) is 9.29. The van der Waals surface area contributed by atoms with Gasteiger partial charge in [0.05, 0.1) is 23.1 Å². The van der Waals surface area contributed by atoms with Crippen LogP contribution in [-0.2, 0) is 9.59 Å². The summed E-state index contributed by atoms with van der Waals surface area (Å²) in [5.41, 5.74) is 2.79. The van der Waals surface area contributed by atoms with Gasteiger partial charge < -0.3 is 10.2 Å². The summed E-state index contributed by atoms with van der Waals surface area (Å²) < 4.78 is 14.2. The Bertz CT molecular complexity index is 1480. The molecule has 3 aliphatic rings. The summed E-state index contributed by atoms with van der Waals surface area (Å²) in [6.45, 7) is 1.93. The quantitative estimate of drug-likeness (QED) is 0.414. The Hall–Kier alpha value is -3.58. The number of benzene rings is 3. The van der Waals surface area contributed by atoms with Crippen molar-refractivity contribution in [1.82, 2.24) is 9.88 Å². The largest absolute Gasteiger partial charge is 0.337 e. The van der Waals surface area contributed by atoms with Crippen molar-refractivity contribution in [2.75, 3.05) is 12.4 Å². The molecular formula is C27H22FN3O2S. The van der Waals surface area contributed by atoms with Crippen LogP contribution in [0, 0.1) is 11.2 Å². The molecule has 4 aromatic rings. The van der Waals surface area contributed by atoms with Gasteiger partial charge in [0.15, 0.2) is 5.13 Å². The number of carbonyl (C=O) groups is 2. The van der Waals surface area contributed by atoms with Gasteiger partial charge >= 0.3 is 0 Å². The molecule has 7 heteroatoms. The number of halogens is 1. The lowest BCUT2D eigenvalue weighted by atomic mass is 9.60. The number of nitrogens with zero attached hydrogens (tertiary/aromatic N) is 2. The molecule has 1 aromatic heterocycles. The molecule has 7 rings (SSSR count). The average Bonchev–Trinajstić information content (AvgIpc) is 3.30. The molecule has 3 unspecified atom stereocenters. The molecule has 5 nitrogen and oxygen atoms in total. The third kappa shape index (κ3) is 2.93. The smallest absolute Gasteiger partial charge is 0.234 e. The third-order valence-corrected chi connectivity index (χ3v) is 8.08. The van der Waals surface area contributed by atoms with Crippen LogP contribution in [0.25, 0.3) is 22.0 Å². The molecule has 34 heavy (non-hydrogen) atoms. The molecule has 2 aliphatic heterocycles. The van der Waals surface area contributed by atoms with Crippen molar-refractivity contribution >= 4 is 39.1 Å². The topological polar surface area (TPSA) is 62.3 Å². The maximum Gasteiger partial charge on any atom is 0.234 e. The minimum atomic E-state index is -0.782. The zero-order valence-corrected chi connectivity index (χ0v) is 19.5. The molecule has 2 amide bonds. The van der Waals surface area contributed by atoms with E-state index in [0.29, 0.717) is 22.6 Å². The van der Waals surface area contributed by atoms with Crippen molar-refractivity contribution in [3.63, 3.8) is 0 Å². The lowest BCUT2D eigenvalue weighted by molar-refractivity contribution is -0.151. The fourth-order valence-electron chi connectivity index (χ4n) is 5.69. The van der Waals surface area contributed by atoms with Crippen molar-refractivity contribution < 1.29 is 14.0 Å². The maximum absolute atomic E-state index is 14.2. The lowest BCUT2D eigenvalue weighted by Crippen LogP contribution is -2.57. The summed E-state index contributed by atoms with van der Waals surface area (Å²) in [5, 5.41) is 6.68. The number of piperidine rings is 1. The molecule has 1 N–H and O–H groups in total. The highest BCUT2D eigenvalue weighted by Gasteiger charge is 2.57. The number of rotatable bonds is 3. The first-order chi connectivity index (χ1) is 16.4. The van der Waals surface area contributed by atoms with E-state index in [1.54, 1.807) is 30.1 Å². The van der Waals surface area contributed by atoms with Gasteiger partial charge in [-0.3, -0.25) is 9.59 Å². The number of thiazole rings is 1. The summed E-state index contributed by atoms with van der Waals surface area (Å²) in [5.74, 6) is -0.684. The number of hydrogen-bond acceptors (Lipinski definition) is 4. The number of amides is 2. The highest BCUT2D eigenvalue weighted by molar-refractivity contribution is 7.14. The highest BCUT2D eigenvalue weighted by atomic mass is 32.1. The van der Waals surface area contributed by atoms with E-state index in [-0.39, 0.29) is 29.6 Å². The molecule has 0 saturated carbocycles. The third-order valence-electron chi connectivity index (χ3n) is 7.32. The van der Waals surface area contributed by atoms with Gasteiger partial charge in [-0.25, -0.2) is 9.37 Å². The van der Waals surface area contributed by atoms with E-state index in [2.05, 4.69) is 10.3 Å². The van der Waals surface area contributed by atoms with Crippen LogP contribution in [0.5, 0.6) is 0 Å². The van der Waals surface area contributed by atoms with E-state index in [0.717, 1.165) is 22.1 Å². The second-order valence-corrected chi connectivity index (χ2v) is 10.1. The molecule has 1 fully saturated rings. The summed E-state index contributed by atoms with van der Waals surface area (Å²) in [6, 6.07) is 18.0. The first kappa shape index (κ1) is 21.0. The van der Waals surface area contributed by atoms with Gasteiger partial charge in [-0.2, -0.15) is 0 Å². The van der Waals surface area contributed by atoms with Gasteiger partial charge in [-0.1, -0.05) is 48.5 Å². The van der Waals surface area contributed by atoms with Gasteiger partial charge in [-0.05, 0) is 42.0 Å². The van der Waals surface area contributed by atoms with E-state index < -0.39 is 5.41 Å². The number of hydrogen-bond donors (Lipinski definition) is 1. The van der Waals surface area contributed by atoms with Crippen molar-refractivity contribution in [1.29, 1.82) is 0 Å². The standard InChI is InChI=1S/C27H22FN3O2S/c1-27(13-20-16-8-4-6-10-19(16)23(27)31(2)24(20)32)25(33)30-26-29-22(14-34-26)18-11-12-21(28)17-9-5-3-7-15(17)18/h3-12,14,20,23H,13H2,1-2H3,(H,29,30,33). The zero-order chi connectivity index (χ0) is 23.6. The molecular weight excluding hydrogens is 449 g/mol. The van der Waals surface area contributed by atoms with Crippen LogP contribution >= 0.6 is 11.3 Å². The predicted molar refractivity (Wildman–Crippen MR) is 131 cm³/mol. The van der Waals surface area contributed by atoms with Crippen molar-refractivity contribution in [2.24, 2.45) is 5.41 Å². The zero-order valence-electron chi connectivity index (χ0n) is 18.7. The fourth-order valence-corrected chi connectivity index (χ4v) is 6.40. The average molecular weight is 472 g/mol. The van der Waals surface area contributed by atoms with Crippen LogP contribution in [0.1, 0.15) is 36.4 Å². The van der Waals surface area contributed by atoms with Crippen LogP contribution in [0.3, 0.4) is 0 Å². The molecule has 1 aliphatic carbocycles. The molecule has 2 bridgehead atoms. The van der Waals surface area contributed by atoms with E-state index >= 15 is 0 Å². The number of likely N-dealkylation sites (N-methyl/N-ethyl adjacent to an activating group) is 1. The summed E-state index contributed by atoms with van der Waals surface area (Å²) in [6.07, 6.45) is 0.463. The molecule has 1 saturated heterocycles. The Morgan fingerprint density at radius 3 is 2.59 bits per heavy atom. The summed E-state index contributed by atoms with van der Waals surface area (Å²) >= 11 is 1.34. The lowest BCUT2D eigenvalue weighted by Gasteiger charge is -2.53. The first-order valence-electron chi connectivity index (χ1n) is 11.2. The van der Waals surface area contributed by atoms with Gasteiger partial charge in [0.25, 0.3) is 0 Å². The molecule has 3 aromatic carbocycles. The fraction of sp³-hybridized carbons (Fsp3) is 0.222. The Kier molecular flexibility index (Phi) is 4.61. The van der Waals surface area contributed by atoms with E-state index in [1.165, 1.54) is 17.4 Å². The van der Waals surface area contributed by atoms with Crippen LogP contribution in [0.15, 0.2) is 66.0 Å². The van der Waals surface area contributed by atoms with Crippen LogP contribution in [0.4, 0.5) is 9.52 Å². The number of aromatic nitrogens is 1. The minimum Gasteiger partial charge on any atom is -0.337 e. The van der Waals surface area contributed by atoms with Crippen molar-refractivity contribution in [3.8, 4) is 11.3 Å². The van der Waals surface area contributed by atoms with Crippen LogP contribution in [0.2, 0.25) is 0 Å². The molecule has 3 heterocycles. The van der Waals surface area contributed by atoms with Crippen molar-refractivity contribution in [3.05, 3.63) is 83.0 Å². The number of fused-ring (bicyclic) bond motifs is 3. The molecule has 0 spiro atoms. The van der Waals surface area contributed by atoms with Crippen LogP contribution < -0.4 is 5.32 Å². The van der Waals surface area contributed by atoms with E-state index in [4.69, 9.17) is 0 Å². The van der Waals surface area contributed by atoms with Crippen molar-refractivity contribution in [2.45, 2.75) is 25.3 Å². The number of carbonyl (C=O) groups excluding carboxylic acids is 2. The van der Waals surface area contributed by atoms with E-state index in [9.17, 15) is 14.0 Å².